The van der Waals surface area contributed by atoms with Gasteiger partial charge in [0, 0.05) is 12.3 Å². The second-order valence-electron chi connectivity index (χ2n) is 7.46. The maximum absolute atomic E-state index is 11.2. The lowest BCUT2D eigenvalue weighted by molar-refractivity contribution is -0.146. The highest BCUT2D eigenvalue weighted by atomic mass is 16.5. The Morgan fingerprint density at radius 3 is 2.89 bits per heavy atom. The zero-order valence-corrected chi connectivity index (χ0v) is 12.7. The third-order valence-corrected chi connectivity index (χ3v) is 6.68. The molecule has 0 aromatic rings. The number of ether oxygens (including phenoxy) is 1. The van der Waals surface area contributed by atoms with E-state index in [1.165, 1.54) is 38.2 Å². The molecule has 0 saturated heterocycles. The fourth-order valence-corrected chi connectivity index (χ4v) is 5.58. The van der Waals surface area contributed by atoms with Crippen molar-refractivity contribution >= 4 is 5.97 Å². The van der Waals surface area contributed by atoms with Gasteiger partial charge in [0.1, 0.15) is 0 Å². The normalized spacial score (nSPS) is 47.8. The first kappa shape index (κ1) is 13.2. The van der Waals surface area contributed by atoms with Crippen molar-refractivity contribution in [3.63, 3.8) is 0 Å². The van der Waals surface area contributed by atoms with Crippen molar-refractivity contribution in [2.24, 2.45) is 28.6 Å². The molecule has 0 N–H and O–H groups in total. The van der Waals surface area contributed by atoms with Crippen LogP contribution in [-0.2, 0) is 9.53 Å². The van der Waals surface area contributed by atoms with Crippen LogP contribution in [0.4, 0.5) is 0 Å². The lowest BCUT2D eigenvalue weighted by atomic mass is 9.68. The van der Waals surface area contributed by atoms with Gasteiger partial charge in [-0.15, -0.1) is 0 Å². The molecule has 0 heterocycles. The molecule has 19 heavy (non-hydrogen) atoms. The Bertz CT molecular complexity index is 439. The first-order valence-electron chi connectivity index (χ1n) is 7.70. The first-order valence-corrected chi connectivity index (χ1v) is 7.70. The van der Waals surface area contributed by atoms with E-state index >= 15 is 0 Å². The average molecular weight is 262 g/mol. The van der Waals surface area contributed by atoms with Crippen LogP contribution in [0.25, 0.3) is 0 Å². The lowest BCUT2D eigenvalue weighted by Gasteiger charge is -2.38. The van der Waals surface area contributed by atoms with Gasteiger partial charge in [0.25, 0.3) is 0 Å². The fourth-order valence-electron chi connectivity index (χ4n) is 5.58. The maximum atomic E-state index is 11.2. The predicted molar refractivity (Wildman–Crippen MR) is 75.5 cm³/mol. The van der Waals surface area contributed by atoms with E-state index < -0.39 is 0 Å². The van der Waals surface area contributed by atoms with Crippen LogP contribution in [0.5, 0.6) is 0 Å². The molecular formula is C17H26O2. The zero-order chi connectivity index (χ0) is 13.8. The number of rotatable bonds is 2. The van der Waals surface area contributed by atoms with Crippen molar-refractivity contribution in [3.05, 3.63) is 11.6 Å². The quantitative estimate of drug-likeness (QED) is 0.556. The molecule has 3 rings (SSSR count). The Kier molecular flexibility index (Phi) is 2.85. The highest BCUT2D eigenvalue weighted by Gasteiger charge is 2.65. The summed E-state index contributed by atoms with van der Waals surface area (Å²) >= 11 is 0. The number of carbonyl (C=O) groups is 1. The molecule has 3 aliphatic carbocycles. The summed E-state index contributed by atoms with van der Waals surface area (Å²) in [6, 6.07) is 0. The summed E-state index contributed by atoms with van der Waals surface area (Å²) in [5.74, 6) is 2.04. The molecule has 2 fully saturated rings. The molecule has 0 radical (unpaired) electrons. The van der Waals surface area contributed by atoms with Gasteiger partial charge in [0.2, 0.25) is 0 Å². The topological polar surface area (TPSA) is 26.3 Å². The summed E-state index contributed by atoms with van der Waals surface area (Å²) in [6.45, 7) is 9.21. The number of allylic oxidation sites excluding steroid dienone is 2. The second-order valence-corrected chi connectivity index (χ2v) is 7.46. The minimum atomic E-state index is -0.135. The van der Waals surface area contributed by atoms with Crippen molar-refractivity contribution in [1.82, 2.24) is 0 Å². The van der Waals surface area contributed by atoms with Crippen LogP contribution in [0, 0.1) is 28.6 Å². The van der Waals surface area contributed by atoms with Crippen molar-refractivity contribution < 1.29 is 9.53 Å². The Balaban J connectivity index is 1.96. The van der Waals surface area contributed by atoms with Gasteiger partial charge in [-0.2, -0.15) is 0 Å². The van der Waals surface area contributed by atoms with Crippen molar-refractivity contribution in [1.29, 1.82) is 0 Å². The molecule has 2 heteroatoms. The molecule has 106 valence electrons. The monoisotopic (exact) mass is 262 g/mol. The minimum absolute atomic E-state index is 0.135. The predicted octanol–water partition coefficient (Wildman–Crippen LogP) is 3.96. The van der Waals surface area contributed by atoms with Gasteiger partial charge in [0.05, 0.1) is 6.61 Å². The fraction of sp³-hybridized carbons (Fsp3) is 0.824. The first-order chi connectivity index (χ1) is 8.90. The van der Waals surface area contributed by atoms with E-state index in [1.807, 2.05) is 0 Å². The zero-order valence-electron chi connectivity index (χ0n) is 12.7. The Hall–Kier alpha value is -0.790. The SMILES string of the molecule is CC(=O)OCC1(C)C2CC3(CC=C2C)C(C)CCC13. The van der Waals surface area contributed by atoms with Gasteiger partial charge in [0.15, 0.2) is 0 Å². The molecule has 2 saturated carbocycles. The van der Waals surface area contributed by atoms with Gasteiger partial charge >= 0.3 is 5.97 Å². The van der Waals surface area contributed by atoms with E-state index in [1.54, 1.807) is 0 Å². The number of carbonyl (C=O) groups excluding carboxylic acids is 1. The molecule has 0 amide bonds. The van der Waals surface area contributed by atoms with Crippen LogP contribution in [-0.4, -0.2) is 12.6 Å². The largest absolute Gasteiger partial charge is 0.465 e. The van der Waals surface area contributed by atoms with E-state index in [9.17, 15) is 4.79 Å². The second kappa shape index (κ2) is 4.10. The number of esters is 1. The molecule has 3 aliphatic rings. The standard InChI is InChI=1S/C17H26O2/c1-11-7-8-17-9-14(11)16(4,10-19-13(3)18)15(17)6-5-12(17)2/h7,12,14-15H,5-6,8-10H2,1-4H3. The summed E-state index contributed by atoms with van der Waals surface area (Å²) in [4.78, 5) is 11.2. The smallest absolute Gasteiger partial charge is 0.302 e. The number of hydrogen-bond acceptors (Lipinski definition) is 2. The number of hydrogen-bond donors (Lipinski definition) is 0. The van der Waals surface area contributed by atoms with Crippen LogP contribution in [0.1, 0.15) is 53.4 Å². The summed E-state index contributed by atoms with van der Waals surface area (Å²) < 4.78 is 5.46. The summed E-state index contributed by atoms with van der Waals surface area (Å²) in [5.41, 5.74) is 2.19. The van der Waals surface area contributed by atoms with Gasteiger partial charge in [-0.3, -0.25) is 4.79 Å². The van der Waals surface area contributed by atoms with E-state index in [4.69, 9.17) is 4.74 Å². The Labute approximate surface area is 116 Å². The Morgan fingerprint density at radius 1 is 1.47 bits per heavy atom. The van der Waals surface area contributed by atoms with Crippen molar-refractivity contribution in [2.45, 2.75) is 53.4 Å². The van der Waals surface area contributed by atoms with Crippen LogP contribution in [0.2, 0.25) is 0 Å². The van der Waals surface area contributed by atoms with Gasteiger partial charge < -0.3 is 4.74 Å². The Morgan fingerprint density at radius 2 is 2.21 bits per heavy atom. The molecule has 5 atom stereocenters. The lowest BCUT2D eigenvalue weighted by Crippen LogP contribution is -2.36. The van der Waals surface area contributed by atoms with E-state index in [-0.39, 0.29) is 11.4 Å². The average Bonchev–Trinajstić information content (AvgIpc) is 2.77. The van der Waals surface area contributed by atoms with Crippen LogP contribution in [0.15, 0.2) is 11.6 Å². The highest BCUT2D eigenvalue weighted by Crippen LogP contribution is 2.71. The molecule has 2 nitrogen and oxygen atoms in total. The van der Waals surface area contributed by atoms with E-state index in [2.05, 4.69) is 26.8 Å². The summed E-state index contributed by atoms with van der Waals surface area (Å²) in [5, 5.41) is 0. The van der Waals surface area contributed by atoms with Gasteiger partial charge in [-0.25, -0.2) is 0 Å². The molecular weight excluding hydrogens is 236 g/mol. The third-order valence-electron chi connectivity index (χ3n) is 6.68. The van der Waals surface area contributed by atoms with Crippen LogP contribution in [0.3, 0.4) is 0 Å². The number of fused-ring (bicyclic) bond motifs is 1. The summed E-state index contributed by atoms with van der Waals surface area (Å²) in [7, 11) is 0. The molecule has 0 aromatic carbocycles. The minimum Gasteiger partial charge on any atom is -0.465 e. The van der Waals surface area contributed by atoms with Crippen molar-refractivity contribution in [2.75, 3.05) is 6.61 Å². The highest BCUT2D eigenvalue weighted by molar-refractivity contribution is 5.66. The molecule has 2 bridgehead atoms. The molecule has 1 spiro atoms. The van der Waals surface area contributed by atoms with Crippen LogP contribution >= 0.6 is 0 Å². The molecule has 5 unspecified atom stereocenters. The maximum Gasteiger partial charge on any atom is 0.302 e. The van der Waals surface area contributed by atoms with E-state index in [0.717, 1.165) is 11.8 Å². The molecule has 0 aliphatic heterocycles. The molecule has 0 aromatic heterocycles. The third kappa shape index (κ3) is 1.64. The van der Waals surface area contributed by atoms with Crippen LogP contribution < -0.4 is 0 Å². The van der Waals surface area contributed by atoms with E-state index in [0.29, 0.717) is 17.9 Å². The van der Waals surface area contributed by atoms with Crippen molar-refractivity contribution in [3.8, 4) is 0 Å². The van der Waals surface area contributed by atoms with Gasteiger partial charge in [-0.1, -0.05) is 25.5 Å². The van der Waals surface area contributed by atoms with Gasteiger partial charge in [-0.05, 0) is 55.8 Å². The summed E-state index contributed by atoms with van der Waals surface area (Å²) in [6.07, 6.45) is 7.70.